The van der Waals surface area contributed by atoms with Crippen molar-refractivity contribution in [2.45, 2.75) is 13.8 Å². The zero-order chi connectivity index (χ0) is 14.3. The van der Waals surface area contributed by atoms with Crippen LogP contribution in [-0.2, 0) is 0 Å². The van der Waals surface area contributed by atoms with Crippen molar-refractivity contribution in [3.63, 3.8) is 0 Å². The van der Waals surface area contributed by atoms with Crippen molar-refractivity contribution in [2.75, 3.05) is 19.0 Å². The van der Waals surface area contributed by atoms with Gasteiger partial charge in [0.05, 0.1) is 5.52 Å². The van der Waals surface area contributed by atoms with Crippen LogP contribution in [0.15, 0.2) is 30.3 Å². The van der Waals surface area contributed by atoms with Crippen molar-refractivity contribution < 1.29 is 0 Å². The Labute approximate surface area is 118 Å². The van der Waals surface area contributed by atoms with Crippen molar-refractivity contribution in [1.29, 1.82) is 0 Å². The van der Waals surface area contributed by atoms with Crippen LogP contribution in [0.25, 0.3) is 22.6 Å². The SMILES string of the molecule is Cc1ccc(C)c(-c2nc3nc(N(C)C)ccc3[nH]2)c1. The van der Waals surface area contributed by atoms with Crippen LogP contribution in [0, 0.1) is 13.8 Å². The van der Waals surface area contributed by atoms with Crippen molar-refractivity contribution in [3.05, 3.63) is 41.5 Å². The number of nitrogens with zero attached hydrogens (tertiary/aromatic N) is 3. The molecule has 20 heavy (non-hydrogen) atoms. The zero-order valence-electron chi connectivity index (χ0n) is 12.2. The summed E-state index contributed by atoms with van der Waals surface area (Å²) in [5, 5.41) is 0. The molecule has 0 saturated carbocycles. The van der Waals surface area contributed by atoms with Gasteiger partial charge in [-0.15, -0.1) is 0 Å². The second-order valence-electron chi connectivity index (χ2n) is 5.34. The standard InChI is InChI=1S/C16H18N4/c1-10-5-6-11(2)12(9-10)15-17-13-7-8-14(20(3)4)18-16(13)19-15/h5-9H,1-4H3,(H,17,18,19). The summed E-state index contributed by atoms with van der Waals surface area (Å²) in [6, 6.07) is 10.4. The molecule has 0 radical (unpaired) electrons. The van der Waals surface area contributed by atoms with E-state index in [1.165, 1.54) is 11.1 Å². The number of aryl methyl sites for hydroxylation is 2. The Kier molecular flexibility index (Phi) is 2.93. The molecule has 0 aliphatic carbocycles. The molecule has 2 aromatic heterocycles. The highest BCUT2D eigenvalue weighted by molar-refractivity contribution is 5.78. The summed E-state index contributed by atoms with van der Waals surface area (Å²) in [5.41, 5.74) is 5.29. The van der Waals surface area contributed by atoms with E-state index >= 15 is 0 Å². The van der Waals surface area contributed by atoms with Gasteiger partial charge in [0.1, 0.15) is 11.6 Å². The van der Waals surface area contributed by atoms with Crippen molar-refractivity contribution in [2.24, 2.45) is 0 Å². The Bertz CT molecular complexity index is 771. The van der Waals surface area contributed by atoms with Gasteiger partial charge in [0.25, 0.3) is 0 Å². The van der Waals surface area contributed by atoms with Crippen molar-refractivity contribution in [1.82, 2.24) is 15.0 Å². The molecule has 4 nitrogen and oxygen atoms in total. The third kappa shape index (κ3) is 2.13. The first-order chi connectivity index (χ1) is 9.54. The lowest BCUT2D eigenvalue weighted by molar-refractivity contribution is 1.08. The smallest absolute Gasteiger partial charge is 0.180 e. The minimum Gasteiger partial charge on any atom is -0.363 e. The molecular weight excluding hydrogens is 248 g/mol. The van der Waals surface area contributed by atoms with Crippen LogP contribution in [-0.4, -0.2) is 29.0 Å². The second-order valence-corrected chi connectivity index (χ2v) is 5.34. The van der Waals surface area contributed by atoms with Gasteiger partial charge in [-0.2, -0.15) is 0 Å². The van der Waals surface area contributed by atoms with Crippen LogP contribution in [0.3, 0.4) is 0 Å². The molecule has 0 amide bonds. The van der Waals surface area contributed by atoms with E-state index in [0.717, 1.165) is 28.4 Å². The summed E-state index contributed by atoms with van der Waals surface area (Å²) in [6.07, 6.45) is 0. The molecule has 0 fully saturated rings. The number of imidazole rings is 1. The van der Waals surface area contributed by atoms with Crippen molar-refractivity contribution >= 4 is 17.0 Å². The Morgan fingerprint density at radius 2 is 1.80 bits per heavy atom. The van der Waals surface area contributed by atoms with Crippen LogP contribution >= 0.6 is 0 Å². The lowest BCUT2D eigenvalue weighted by atomic mass is 10.1. The van der Waals surface area contributed by atoms with E-state index in [-0.39, 0.29) is 0 Å². The molecule has 2 heterocycles. The number of pyridine rings is 1. The van der Waals surface area contributed by atoms with Crippen LogP contribution < -0.4 is 4.90 Å². The maximum absolute atomic E-state index is 4.63. The lowest BCUT2D eigenvalue weighted by Crippen LogP contribution is -2.10. The molecule has 1 aromatic carbocycles. The fourth-order valence-electron chi connectivity index (χ4n) is 2.25. The van der Waals surface area contributed by atoms with Crippen molar-refractivity contribution in [3.8, 4) is 11.4 Å². The predicted molar refractivity (Wildman–Crippen MR) is 83.1 cm³/mol. The first-order valence-corrected chi connectivity index (χ1v) is 6.66. The third-order valence-corrected chi connectivity index (χ3v) is 3.44. The summed E-state index contributed by atoms with van der Waals surface area (Å²) in [7, 11) is 3.96. The highest BCUT2D eigenvalue weighted by atomic mass is 15.1. The molecule has 102 valence electrons. The Balaban J connectivity index is 2.15. The first kappa shape index (κ1) is 12.7. The maximum Gasteiger partial charge on any atom is 0.180 e. The number of hydrogen-bond donors (Lipinski definition) is 1. The largest absolute Gasteiger partial charge is 0.363 e. The Morgan fingerprint density at radius 3 is 2.55 bits per heavy atom. The van der Waals surface area contributed by atoms with Gasteiger partial charge >= 0.3 is 0 Å². The van der Waals surface area contributed by atoms with Gasteiger partial charge in [0.15, 0.2) is 5.65 Å². The first-order valence-electron chi connectivity index (χ1n) is 6.66. The van der Waals surface area contributed by atoms with Gasteiger partial charge in [-0.05, 0) is 37.6 Å². The zero-order valence-corrected chi connectivity index (χ0v) is 12.2. The summed E-state index contributed by atoms with van der Waals surface area (Å²) >= 11 is 0. The summed E-state index contributed by atoms with van der Waals surface area (Å²) in [4.78, 5) is 14.5. The number of aromatic nitrogens is 3. The van der Waals surface area contributed by atoms with E-state index in [0.29, 0.717) is 0 Å². The average Bonchev–Trinajstić information content (AvgIpc) is 2.83. The summed E-state index contributed by atoms with van der Waals surface area (Å²) in [6.45, 7) is 4.19. The van der Waals surface area contributed by atoms with E-state index in [1.54, 1.807) is 0 Å². The van der Waals surface area contributed by atoms with Crippen LogP contribution in [0.5, 0.6) is 0 Å². The van der Waals surface area contributed by atoms with Gasteiger partial charge in [0, 0.05) is 19.7 Å². The number of hydrogen-bond acceptors (Lipinski definition) is 3. The number of anilines is 1. The molecule has 0 atom stereocenters. The quantitative estimate of drug-likeness (QED) is 0.774. The van der Waals surface area contributed by atoms with E-state index in [4.69, 9.17) is 0 Å². The molecule has 0 bridgehead atoms. The van der Waals surface area contributed by atoms with E-state index in [1.807, 2.05) is 31.1 Å². The normalized spacial score (nSPS) is 11.0. The average molecular weight is 266 g/mol. The summed E-state index contributed by atoms with van der Waals surface area (Å²) < 4.78 is 0. The van der Waals surface area contributed by atoms with E-state index in [2.05, 4.69) is 47.0 Å². The molecule has 0 unspecified atom stereocenters. The number of H-pyrrole nitrogens is 1. The van der Waals surface area contributed by atoms with E-state index < -0.39 is 0 Å². The lowest BCUT2D eigenvalue weighted by Gasteiger charge is -2.09. The minimum atomic E-state index is 0.757. The van der Waals surface area contributed by atoms with Crippen LogP contribution in [0.2, 0.25) is 0 Å². The molecule has 3 aromatic rings. The molecule has 1 N–H and O–H groups in total. The minimum absolute atomic E-state index is 0.757. The highest BCUT2D eigenvalue weighted by Gasteiger charge is 2.10. The van der Waals surface area contributed by atoms with Crippen LogP contribution in [0.1, 0.15) is 11.1 Å². The van der Waals surface area contributed by atoms with Gasteiger partial charge in [0.2, 0.25) is 0 Å². The monoisotopic (exact) mass is 266 g/mol. The van der Waals surface area contributed by atoms with Gasteiger partial charge in [-0.3, -0.25) is 0 Å². The molecule has 3 rings (SSSR count). The molecule has 4 heteroatoms. The molecule has 0 aliphatic heterocycles. The number of rotatable bonds is 2. The molecule has 0 spiro atoms. The molecular formula is C16H18N4. The fraction of sp³-hybridized carbons (Fsp3) is 0.250. The highest BCUT2D eigenvalue weighted by Crippen LogP contribution is 2.24. The molecule has 0 aliphatic rings. The Morgan fingerprint density at radius 1 is 1.00 bits per heavy atom. The predicted octanol–water partition coefficient (Wildman–Crippen LogP) is 3.31. The third-order valence-electron chi connectivity index (χ3n) is 3.44. The summed E-state index contributed by atoms with van der Waals surface area (Å²) in [5.74, 6) is 1.79. The van der Waals surface area contributed by atoms with Gasteiger partial charge in [-0.1, -0.05) is 17.7 Å². The number of benzene rings is 1. The number of aromatic amines is 1. The number of nitrogens with one attached hydrogen (secondary N) is 1. The molecule has 0 saturated heterocycles. The van der Waals surface area contributed by atoms with Gasteiger partial charge < -0.3 is 9.88 Å². The van der Waals surface area contributed by atoms with Crippen LogP contribution in [0.4, 0.5) is 5.82 Å². The number of fused-ring (bicyclic) bond motifs is 1. The van der Waals surface area contributed by atoms with E-state index in [9.17, 15) is 0 Å². The second kappa shape index (κ2) is 4.63. The maximum atomic E-state index is 4.63. The topological polar surface area (TPSA) is 44.8 Å². The Hall–Kier alpha value is -2.36. The fourth-order valence-corrected chi connectivity index (χ4v) is 2.25. The van der Waals surface area contributed by atoms with Gasteiger partial charge in [-0.25, -0.2) is 9.97 Å².